The number of benzene rings is 1. The van der Waals surface area contributed by atoms with Crippen molar-refractivity contribution in [3.05, 3.63) is 38.3 Å². The average Bonchev–Trinajstić information content (AvgIpc) is 2.49. The lowest BCUT2D eigenvalue weighted by atomic mass is 10.2. The number of hydrogen-bond acceptors (Lipinski definition) is 6. The monoisotopic (exact) mass is 370 g/mol. The Hall–Kier alpha value is -1.84. The van der Waals surface area contributed by atoms with Gasteiger partial charge in [-0.15, -0.1) is 0 Å². The van der Waals surface area contributed by atoms with E-state index in [4.69, 9.17) is 4.74 Å². The molecular formula is C13H15BrN4O4. The first-order valence-corrected chi connectivity index (χ1v) is 7.41. The molecule has 1 amide bonds. The first kappa shape index (κ1) is 16.5. The Balaban J connectivity index is 1.87. The number of amides is 1. The van der Waals surface area contributed by atoms with E-state index in [-0.39, 0.29) is 18.1 Å². The number of morpholine rings is 1. The van der Waals surface area contributed by atoms with Crippen molar-refractivity contribution >= 4 is 33.7 Å². The number of nitrogens with one attached hydrogen (secondary N) is 1. The van der Waals surface area contributed by atoms with E-state index in [0.717, 1.165) is 13.1 Å². The standard InChI is InChI=1S/C13H15BrN4O4/c14-11-2-1-10(7-12(11)18(20)21)8-15-16-13(19)9-17-3-5-22-6-4-17/h1-2,7-8H,3-6,9H2,(H,16,19)/b15-8+. The number of hydrogen-bond donors (Lipinski definition) is 1. The van der Waals surface area contributed by atoms with Crippen molar-refractivity contribution in [2.24, 2.45) is 5.10 Å². The van der Waals surface area contributed by atoms with Gasteiger partial charge in [-0.05, 0) is 22.0 Å². The largest absolute Gasteiger partial charge is 0.379 e. The summed E-state index contributed by atoms with van der Waals surface area (Å²) in [6.45, 7) is 2.94. The first-order valence-electron chi connectivity index (χ1n) is 6.62. The second kappa shape index (κ2) is 7.97. The van der Waals surface area contributed by atoms with Crippen LogP contribution in [0.3, 0.4) is 0 Å². The van der Waals surface area contributed by atoms with Gasteiger partial charge in [0.1, 0.15) is 0 Å². The van der Waals surface area contributed by atoms with Crippen LogP contribution in [-0.4, -0.2) is 54.8 Å². The van der Waals surface area contributed by atoms with Gasteiger partial charge < -0.3 is 4.74 Å². The third-order valence-electron chi connectivity index (χ3n) is 3.04. The van der Waals surface area contributed by atoms with Crippen molar-refractivity contribution in [2.45, 2.75) is 0 Å². The van der Waals surface area contributed by atoms with Crippen LogP contribution in [0.15, 0.2) is 27.8 Å². The van der Waals surface area contributed by atoms with E-state index < -0.39 is 4.92 Å². The summed E-state index contributed by atoms with van der Waals surface area (Å²) in [5.41, 5.74) is 2.89. The highest BCUT2D eigenvalue weighted by Crippen LogP contribution is 2.24. The lowest BCUT2D eigenvalue weighted by Gasteiger charge is -2.25. The molecule has 0 radical (unpaired) electrons. The fourth-order valence-electron chi connectivity index (χ4n) is 1.93. The zero-order chi connectivity index (χ0) is 15.9. The number of nitrogens with zero attached hydrogens (tertiary/aromatic N) is 3. The SMILES string of the molecule is O=C(CN1CCOCC1)N/N=C/c1ccc(Br)c([N+](=O)[O-])c1. The second-order valence-corrected chi connectivity index (χ2v) is 5.50. The van der Waals surface area contributed by atoms with E-state index in [1.807, 2.05) is 4.90 Å². The van der Waals surface area contributed by atoms with Gasteiger partial charge in [-0.2, -0.15) is 5.10 Å². The molecule has 0 unspecified atom stereocenters. The smallest absolute Gasteiger partial charge is 0.284 e. The molecule has 0 aliphatic carbocycles. The molecule has 1 aromatic rings. The van der Waals surface area contributed by atoms with Gasteiger partial charge in [-0.25, -0.2) is 5.43 Å². The number of hydrazone groups is 1. The Morgan fingerprint density at radius 3 is 2.91 bits per heavy atom. The van der Waals surface area contributed by atoms with Crippen LogP contribution in [-0.2, 0) is 9.53 Å². The predicted octanol–water partition coefficient (Wildman–Crippen LogP) is 1.14. The first-order chi connectivity index (χ1) is 10.6. The maximum atomic E-state index is 11.7. The van der Waals surface area contributed by atoms with Crippen molar-refractivity contribution < 1.29 is 14.5 Å². The number of carbonyl (C=O) groups is 1. The van der Waals surface area contributed by atoms with Gasteiger partial charge in [0.05, 0.1) is 35.4 Å². The quantitative estimate of drug-likeness (QED) is 0.476. The minimum absolute atomic E-state index is 0.0522. The molecule has 0 saturated carbocycles. The van der Waals surface area contributed by atoms with Crippen molar-refractivity contribution in [1.82, 2.24) is 10.3 Å². The molecule has 1 aromatic carbocycles. The van der Waals surface area contributed by atoms with Gasteiger partial charge >= 0.3 is 0 Å². The van der Waals surface area contributed by atoms with Crippen molar-refractivity contribution in [3.63, 3.8) is 0 Å². The maximum absolute atomic E-state index is 11.7. The summed E-state index contributed by atoms with van der Waals surface area (Å²) < 4.78 is 5.59. The summed E-state index contributed by atoms with van der Waals surface area (Å²) in [6.07, 6.45) is 1.37. The molecule has 1 N–H and O–H groups in total. The molecule has 2 rings (SSSR count). The molecule has 0 atom stereocenters. The van der Waals surface area contributed by atoms with E-state index in [1.54, 1.807) is 12.1 Å². The normalized spacial score (nSPS) is 15.9. The third kappa shape index (κ3) is 4.86. The summed E-state index contributed by atoms with van der Waals surface area (Å²) in [5, 5.41) is 14.6. The molecule has 1 fully saturated rings. The summed E-state index contributed by atoms with van der Waals surface area (Å²) in [7, 11) is 0. The third-order valence-corrected chi connectivity index (χ3v) is 3.71. The zero-order valence-electron chi connectivity index (χ0n) is 11.7. The van der Waals surface area contributed by atoms with Gasteiger partial charge in [0.25, 0.3) is 11.6 Å². The molecular weight excluding hydrogens is 356 g/mol. The Labute approximate surface area is 135 Å². The Morgan fingerprint density at radius 1 is 1.50 bits per heavy atom. The van der Waals surface area contributed by atoms with Gasteiger partial charge in [-0.1, -0.05) is 6.07 Å². The Kier molecular flexibility index (Phi) is 5.99. The lowest BCUT2D eigenvalue weighted by Crippen LogP contribution is -2.42. The summed E-state index contributed by atoms with van der Waals surface area (Å²) in [6, 6.07) is 4.60. The van der Waals surface area contributed by atoms with Crippen LogP contribution in [0.2, 0.25) is 0 Å². The highest BCUT2D eigenvalue weighted by Gasteiger charge is 2.14. The molecule has 0 bridgehead atoms. The predicted molar refractivity (Wildman–Crippen MR) is 83.8 cm³/mol. The van der Waals surface area contributed by atoms with Crippen LogP contribution in [0, 0.1) is 10.1 Å². The van der Waals surface area contributed by atoms with Crippen LogP contribution >= 0.6 is 15.9 Å². The van der Waals surface area contributed by atoms with Crippen molar-refractivity contribution in [2.75, 3.05) is 32.8 Å². The summed E-state index contributed by atoms with van der Waals surface area (Å²) in [4.78, 5) is 24.0. The number of ether oxygens (including phenoxy) is 1. The molecule has 9 heteroatoms. The molecule has 1 heterocycles. The average molecular weight is 371 g/mol. The molecule has 22 heavy (non-hydrogen) atoms. The highest BCUT2D eigenvalue weighted by atomic mass is 79.9. The zero-order valence-corrected chi connectivity index (χ0v) is 13.3. The van der Waals surface area contributed by atoms with Crippen LogP contribution in [0.5, 0.6) is 0 Å². The van der Waals surface area contributed by atoms with Crippen molar-refractivity contribution in [3.8, 4) is 0 Å². The Bertz CT molecular complexity index is 587. The number of nitro benzene ring substituents is 1. The minimum Gasteiger partial charge on any atom is -0.379 e. The van der Waals surface area contributed by atoms with Gasteiger partial charge in [0.2, 0.25) is 0 Å². The van der Waals surface area contributed by atoms with E-state index in [1.165, 1.54) is 12.3 Å². The molecule has 118 valence electrons. The van der Waals surface area contributed by atoms with Gasteiger partial charge in [0, 0.05) is 24.7 Å². The topological polar surface area (TPSA) is 97.1 Å². The second-order valence-electron chi connectivity index (χ2n) is 4.65. The van der Waals surface area contributed by atoms with E-state index >= 15 is 0 Å². The number of halogens is 1. The Morgan fingerprint density at radius 2 is 2.23 bits per heavy atom. The van der Waals surface area contributed by atoms with E-state index in [2.05, 4.69) is 26.5 Å². The van der Waals surface area contributed by atoms with E-state index in [0.29, 0.717) is 23.2 Å². The molecule has 1 aliphatic heterocycles. The molecule has 8 nitrogen and oxygen atoms in total. The maximum Gasteiger partial charge on any atom is 0.284 e. The lowest BCUT2D eigenvalue weighted by molar-refractivity contribution is -0.385. The number of nitro groups is 1. The van der Waals surface area contributed by atoms with Crippen LogP contribution in [0.25, 0.3) is 0 Å². The van der Waals surface area contributed by atoms with Gasteiger partial charge in [-0.3, -0.25) is 19.8 Å². The van der Waals surface area contributed by atoms with Gasteiger partial charge in [0.15, 0.2) is 0 Å². The van der Waals surface area contributed by atoms with Crippen LogP contribution in [0.4, 0.5) is 5.69 Å². The molecule has 0 spiro atoms. The fraction of sp³-hybridized carbons (Fsp3) is 0.385. The summed E-state index contributed by atoms with van der Waals surface area (Å²) >= 11 is 3.11. The van der Waals surface area contributed by atoms with Crippen LogP contribution < -0.4 is 5.43 Å². The minimum atomic E-state index is -0.488. The van der Waals surface area contributed by atoms with Crippen LogP contribution in [0.1, 0.15) is 5.56 Å². The highest BCUT2D eigenvalue weighted by molar-refractivity contribution is 9.10. The molecule has 0 aromatic heterocycles. The van der Waals surface area contributed by atoms with E-state index in [9.17, 15) is 14.9 Å². The fourth-order valence-corrected chi connectivity index (χ4v) is 2.32. The molecule has 1 aliphatic rings. The summed E-state index contributed by atoms with van der Waals surface area (Å²) in [5.74, 6) is -0.232. The number of rotatable bonds is 5. The number of carbonyl (C=O) groups excluding carboxylic acids is 1. The molecule has 1 saturated heterocycles. The van der Waals surface area contributed by atoms with Crippen molar-refractivity contribution in [1.29, 1.82) is 0 Å².